The number of nitrogens with one attached hydrogen (secondary N) is 1. The van der Waals surface area contributed by atoms with Gasteiger partial charge in [0.05, 0.1) is 4.90 Å². The maximum atomic E-state index is 11.7. The Hall–Kier alpha value is -1.52. The van der Waals surface area contributed by atoms with E-state index in [2.05, 4.69) is 5.32 Å². The van der Waals surface area contributed by atoms with Crippen LogP contribution in [0.15, 0.2) is 47.4 Å². The third kappa shape index (κ3) is 3.77. The molecule has 1 atom stereocenters. The van der Waals surface area contributed by atoms with E-state index in [0.717, 1.165) is 16.8 Å². The van der Waals surface area contributed by atoms with Gasteiger partial charge in [-0.1, -0.05) is 35.9 Å². The van der Waals surface area contributed by atoms with Gasteiger partial charge < -0.3 is 5.32 Å². The molecule has 0 aliphatic carbocycles. The second kappa shape index (κ2) is 6.08. The summed E-state index contributed by atoms with van der Waals surface area (Å²) < 4.78 is 23.3. The van der Waals surface area contributed by atoms with Crippen LogP contribution in [0.25, 0.3) is 0 Å². The Morgan fingerprint density at radius 3 is 2.43 bits per heavy atom. The molecule has 3 nitrogen and oxygen atoms in total. The average molecular weight is 324 g/mol. The molecule has 21 heavy (non-hydrogen) atoms. The molecule has 2 aromatic rings. The first kappa shape index (κ1) is 15.9. The summed E-state index contributed by atoms with van der Waals surface area (Å²) in [7, 11) is -3.22. The number of sulfone groups is 1. The number of benzene rings is 2. The quantitative estimate of drug-likeness (QED) is 0.916. The minimum Gasteiger partial charge on any atom is -0.378 e. The summed E-state index contributed by atoms with van der Waals surface area (Å²) in [5.74, 6) is 0. The highest BCUT2D eigenvalue weighted by Crippen LogP contribution is 2.28. The van der Waals surface area contributed by atoms with Crippen molar-refractivity contribution < 1.29 is 8.42 Å². The van der Waals surface area contributed by atoms with Crippen LogP contribution in [0.4, 0.5) is 5.69 Å². The fourth-order valence-corrected chi connectivity index (χ4v) is 3.07. The molecule has 0 aliphatic heterocycles. The van der Waals surface area contributed by atoms with Crippen LogP contribution in [0.3, 0.4) is 0 Å². The van der Waals surface area contributed by atoms with Gasteiger partial charge in [-0.25, -0.2) is 8.42 Å². The predicted molar refractivity (Wildman–Crippen MR) is 87.8 cm³/mol. The van der Waals surface area contributed by atoms with Gasteiger partial charge in [0.15, 0.2) is 9.84 Å². The van der Waals surface area contributed by atoms with Crippen molar-refractivity contribution in [1.82, 2.24) is 0 Å². The smallest absolute Gasteiger partial charge is 0.175 e. The van der Waals surface area contributed by atoms with Crippen LogP contribution in [0.5, 0.6) is 0 Å². The lowest BCUT2D eigenvalue weighted by Crippen LogP contribution is -2.09. The van der Waals surface area contributed by atoms with Crippen LogP contribution in [0.2, 0.25) is 5.02 Å². The molecular weight excluding hydrogens is 306 g/mol. The van der Waals surface area contributed by atoms with Crippen LogP contribution in [0.1, 0.15) is 24.1 Å². The fraction of sp³-hybridized carbons (Fsp3) is 0.250. The summed E-state index contributed by atoms with van der Waals surface area (Å²) in [5.41, 5.74) is 2.76. The molecule has 0 saturated heterocycles. The maximum absolute atomic E-state index is 11.7. The van der Waals surface area contributed by atoms with Gasteiger partial charge in [-0.2, -0.15) is 0 Å². The third-order valence-electron chi connectivity index (χ3n) is 3.38. The first-order chi connectivity index (χ1) is 9.79. The predicted octanol–water partition coefficient (Wildman–Crippen LogP) is 4.23. The van der Waals surface area contributed by atoms with Crippen molar-refractivity contribution in [3.8, 4) is 0 Å². The van der Waals surface area contributed by atoms with Gasteiger partial charge in [0.1, 0.15) is 0 Å². The normalized spacial score (nSPS) is 13.0. The van der Waals surface area contributed by atoms with Crippen LogP contribution >= 0.6 is 11.6 Å². The summed E-state index contributed by atoms with van der Waals surface area (Å²) in [5, 5.41) is 4.02. The minimum absolute atomic E-state index is 0.0211. The van der Waals surface area contributed by atoms with E-state index >= 15 is 0 Å². The lowest BCUT2D eigenvalue weighted by molar-refractivity contribution is 0.602. The molecule has 1 N–H and O–H groups in total. The fourth-order valence-electron chi connectivity index (χ4n) is 2.12. The Morgan fingerprint density at radius 2 is 1.81 bits per heavy atom. The molecule has 0 heterocycles. The zero-order valence-corrected chi connectivity index (χ0v) is 13.8. The van der Waals surface area contributed by atoms with Gasteiger partial charge in [-0.15, -0.1) is 0 Å². The van der Waals surface area contributed by atoms with Gasteiger partial charge >= 0.3 is 0 Å². The van der Waals surface area contributed by atoms with E-state index < -0.39 is 9.84 Å². The summed E-state index contributed by atoms with van der Waals surface area (Å²) in [4.78, 5) is 0.307. The first-order valence-corrected chi connectivity index (χ1v) is 8.87. The number of anilines is 1. The van der Waals surface area contributed by atoms with Crippen molar-refractivity contribution in [2.24, 2.45) is 0 Å². The summed E-state index contributed by atoms with van der Waals surface area (Å²) in [6, 6.07) is 12.7. The highest BCUT2D eigenvalue weighted by Gasteiger charge is 2.13. The molecule has 112 valence electrons. The molecule has 0 amide bonds. The summed E-state index contributed by atoms with van der Waals surface area (Å²) in [6.45, 7) is 3.93. The Kier molecular flexibility index (Phi) is 4.59. The molecule has 0 spiro atoms. The van der Waals surface area contributed by atoms with Crippen LogP contribution in [0, 0.1) is 6.92 Å². The first-order valence-electron chi connectivity index (χ1n) is 6.60. The van der Waals surface area contributed by atoms with Gasteiger partial charge in [-0.3, -0.25) is 0 Å². The monoisotopic (exact) mass is 323 g/mol. The lowest BCUT2D eigenvalue weighted by Gasteiger charge is -2.19. The van der Waals surface area contributed by atoms with Crippen molar-refractivity contribution in [3.05, 3.63) is 58.6 Å². The number of hydrogen-bond donors (Lipinski definition) is 1. The molecule has 0 radical (unpaired) electrons. The molecule has 0 saturated carbocycles. The SMILES string of the molecule is Cc1ccc(S(C)(=O)=O)cc1NC(C)c1ccccc1Cl. The molecule has 5 heteroatoms. The van der Waals surface area contributed by atoms with E-state index in [1.54, 1.807) is 18.2 Å². The van der Waals surface area contributed by atoms with E-state index in [-0.39, 0.29) is 6.04 Å². The van der Waals surface area contributed by atoms with Crippen LogP contribution in [-0.4, -0.2) is 14.7 Å². The molecule has 2 rings (SSSR count). The van der Waals surface area contributed by atoms with Gasteiger partial charge in [0, 0.05) is 23.0 Å². The lowest BCUT2D eigenvalue weighted by atomic mass is 10.1. The molecule has 0 bridgehead atoms. The van der Waals surface area contributed by atoms with Gasteiger partial charge in [-0.05, 0) is 43.2 Å². The van der Waals surface area contributed by atoms with E-state index in [4.69, 9.17) is 11.6 Å². The van der Waals surface area contributed by atoms with Crippen molar-refractivity contribution in [3.63, 3.8) is 0 Å². The molecule has 0 aromatic heterocycles. The summed E-state index contributed by atoms with van der Waals surface area (Å²) in [6.07, 6.45) is 1.21. The van der Waals surface area contributed by atoms with E-state index in [0.29, 0.717) is 9.92 Å². The second-order valence-corrected chi connectivity index (χ2v) is 7.56. The third-order valence-corrected chi connectivity index (χ3v) is 4.84. The summed E-state index contributed by atoms with van der Waals surface area (Å²) >= 11 is 6.19. The minimum atomic E-state index is -3.22. The second-order valence-electron chi connectivity index (χ2n) is 5.14. The largest absolute Gasteiger partial charge is 0.378 e. The van der Waals surface area contributed by atoms with Crippen LogP contribution in [-0.2, 0) is 9.84 Å². The Labute approximate surface area is 130 Å². The Bertz CT molecular complexity index is 757. The van der Waals surface area contributed by atoms with E-state index in [1.165, 1.54) is 6.26 Å². The van der Waals surface area contributed by atoms with E-state index in [1.807, 2.05) is 38.1 Å². The number of halogens is 1. The van der Waals surface area contributed by atoms with Gasteiger partial charge in [0.2, 0.25) is 0 Å². The maximum Gasteiger partial charge on any atom is 0.175 e. The zero-order chi connectivity index (χ0) is 15.6. The highest BCUT2D eigenvalue weighted by molar-refractivity contribution is 7.90. The molecule has 2 aromatic carbocycles. The van der Waals surface area contributed by atoms with Crippen molar-refractivity contribution in [1.29, 1.82) is 0 Å². The zero-order valence-electron chi connectivity index (χ0n) is 12.2. The van der Waals surface area contributed by atoms with Crippen molar-refractivity contribution >= 4 is 27.1 Å². The Balaban J connectivity index is 2.33. The van der Waals surface area contributed by atoms with Crippen molar-refractivity contribution in [2.45, 2.75) is 24.8 Å². The standard InChI is InChI=1S/C16H18ClNO2S/c1-11-8-9-13(21(3,19)20)10-16(11)18-12(2)14-6-4-5-7-15(14)17/h4-10,12,18H,1-3H3. The van der Waals surface area contributed by atoms with Crippen molar-refractivity contribution in [2.75, 3.05) is 11.6 Å². The van der Waals surface area contributed by atoms with E-state index in [9.17, 15) is 8.42 Å². The Morgan fingerprint density at radius 1 is 1.14 bits per heavy atom. The number of rotatable bonds is 4. The number of aryl methyl sites for hydroxylation is 1. The topological polar surface area (TPSA) is 46.2 Å². The van der Waals surface area contributed by atoms with Gasteiger partial charge in [0.25, 0.3) is 0 Å². The molecule has 1 unspecified atom stereocenters. The molecule has 0 fully saturated rings. The molecule has 0 aliphatic rings. The number of hydrogen-bond acceptors (Lipinski definition) is 3. The molecular formula is C16H18ClNO2S. The van der Waals surface area contributed by atoms with Crippen LogP contribution < -0.4 is 5.32 Å². The average Bonchev–Trinajstić information content (AvgIpc) is 2.40. The highest BCUT2D eigenvalue weighted by atomic mass is 35.5.